The standard InChI is InChI=1S/C28H29N3O3/c1-19-17-23(24(32)18-30-26(33)28(29-27(30)34)15-9-10-16-28)20(2)31(19)25(21-11-5-3-6-12-21)22-13-7-4-8-14-22/h3-8,11-14,17,25H,9-10,15-16,18H2,1-2H3,(H,29,34). The van der Waals surface area contributed by atoms with Crippen molar-refractivity contribution in [2.75, 3.05) is 6.54 Å². The van der Waals surface area contributed by atoms with Crippen LogP contribution in [0.1, 0.15) is 64.6 Å². The molecule has 0 unspecified atom stereocenters. The summed E-state index contributed by atoms with van der Waals surface area (Å²) in [7, 11) is 0. The monoisotopic (exact) mass is 455 g/mol. The zero-order valence-electron chi connectivity index (χ0n) is 19.6. The fourth-order valence-electron chi connectivity index (χ4n) is 5.58. The first-order chi connectivity index (χ1) is 16.4. The number of aryl methyl sites for hydroxylation is 1. The molecule has 2 aliphatic rings. The van der Waals surface area contributed by atoms with E-state index in [9.17, 15) is 14.4 Å². The summed E-state index contributed by atoms with van der Waals surface area (Å²) in [5.41, 5.74) is 3.74. The molecule has 34 heavy (non-hydrogen) atoms. The highest BCUT2D eigenvalue weighted by Crippen LogP contribution is 2.36. The van der Waals surface area contributed by atoms with Gasteiger partial charge in [0.2, 0.25) is 0 Å². The number of urea groups is 1. The van der Waals surface area contributed by atoms with Crippen LogP contribution >= 0.6 is 0 Å². The molecule has 2 aromatic carbocycles. The Morgan fingerprint density at radius 2 is 1.50 bits per heavy atom. The Balaban J connectivity index is 1.48. The Labute approximate surface area is 199 Å². The molecule has 2 heterocycles. The van der Waals surface area contributed by atoms with Crippen LogP contribution in [0.15, 0.2) is 66.7 Å². The summed E-state index contributed by atoms with van der Waals surface area (Å²) in [4.78, 5) is 40.1. The third-order valence-electron chi connectivity index (χ3n) is 7.28. The Morgan fingerprint density at radius 1 is 0.941 bits per heavy atom. The number of carbonyl (C=O) groups is 3. The average Bonchev–Trinajstić information content (AvgIpc) is 3.50. The first kappa shape index (κ1) is 22.1. The predicted octanol–water partition coefficient (Wildman–Crippen LogP) is 4.79. The van der Waals surface area contributed by atoms with Crippen molar-refractivity contribution in [1.82, 2.24) is 14.8 Å². The van der Waals surface area contributed by atoms with Gasteiger partial charge < -0.3 is 9.88 Å². The molecule has 1 spiro atoms. The Morgan fingerprint density at radius 3 is 2.06 bits per heavy atom. The van der Waals surface area contributed by atoms with Gasteiger partial charge in [-0.2, -0.15) is 0 Å². The molecule has 1 N–H and O–H groups in total. The number of hydrogen-bond acceptors (Lipinski definition) is 3. The van der Waals surface area contributed by atoms with Crippen molar-refractivity contribution in [1.29, 1.82) is 0 Å². The summed E-state index contributed by atoms with van der Waals surface area (Å²) < 4.78 is 2.17. The number of hydrogen-bond donors (Lipinski definition) is 1. The smallest absolute Gasteiger partial charge is 0.325 e. The van der Waals surface area contributed by atoms with Crippen molar-refractivity contribution in [3.05, 3.63) is 94.8 Å². The number of rotatable bonds is 6. The highest BCUT2D eigenvalue weighted by atomic mass is 16.2. The molecule has 1 aromatic heterocycles. The molecular formula is C28H29N3O3. The number of imide groups is 1. The van der Waals surface area contributed by atoms with Crippen molar-refractivity contribution in [3.63, 3.8) is 0 Å². The lowest BCUT2D eigenvalue weighted by Gasteiger charge is -2.24. The van der Waals surface area contributed by atoms with Crippen LogP contribution in [0.4, 0.5) is 4.79 Å². The van der Waals surface area contributed by atoms with E-state index in [-0.39, 0.29) is 24.3 Å². The highest BCUT2D eigenvalue weighted by Gasteiger charge is 2.52. The zero-order valence-corrected chi connectivity index (χ0v) is 19.6. The Bertz CT molecular complexity index is 1200. The molecule has 5 rings (SSSR count). The summed E-state index contributed by atoms with van der Waals surface area (Å²) >= 11 is 0. The Hall–Kier alpha value is -3.67. The fourth-order valence-corrected chi connectivity index (χ4v) is 5.58. The van der Waals surface area contributed by atoms with Gasteiger partial charge in [0, 0.05) is 17.0 Å². The molecule has 0 bridgehead atoms. The molecule has 1 aliphatic carbocycles. The number of nitrogens with one attached hydrogen (secondary N) is 1. The maximum Gasteiger partial charge on any atom is 0.325 e. The molecule has 6 nitrogen and oxygen atoms in total. The van der Waals surface area contributed by atoms with Crippen LogP contribution in [0.5, 0.6) is 0 Å². The fraction of sp³-hybridized carbons (Fsp3) is 0.321. The van der Waals surface area contributed by atoms with Crippen LogP contribution in [0, 0.1) is 13.8 Å². The number of aromatic nitrogens is 1. The van der Waals surface area contributed by atoms with Gasteiger partial charge in [-0.1, -0.05) is 73.5 Å². The van der Waals surface area contributed by atoms with Crippen LogP contribution in [0.3, 0.4) is 0 Å². The molecule has 6 heteroatoms. The molecule has 3 amide bonds. The van der Waals surface area contributed by atoms with E-state index in [4.69, 9.17) is 0 Å². The van der Waals surface area contributed by atoms with Crippen LogP contribution in [-0.4, -0.2) is 39.3 Å². The maximum absolute atomic E-state index is 13.4. The summed E-state index contributed by atoms with van der Waals surface area (Å²) in [6.07, 6.45) is 3.11. The van der Waals surface area contributed by atoms with Crippen LogP contribution < -0.4 is 5.32 Å². The average molecular weight is 456 g/mol. The SMILES string of the molecule is Cc1cc(C(=O)CN2C(=O)NC3(CCCC3)C2=O)c(C)n1C(c1ccccc1)c1ccccc1. The van der Waals surface area contributed by atoms with E-state index >= 15 is 0 Å². The van der Waals surface area contributed by atoms with Gasteiger partial charge in [-0.3, -0.25) is 14.5 Å². The topological polar surface area (TPSA) is 71.4 Å². The third kappa shape index (κ3) is 3.63. The number of nitrogens with zero attached hydrogens (tertiary/aromatic N) is 2. The largest absolute Gasteiger partial charge is 0.337 e. The van der Waals surface area contributed by atoms with Gasteiger partial charge >= 0.3 is 6.03 Å². The lowest BCUT2D eigenvalue weighted by atomic mass is 9.97. The highest BCUT2D eigenvalue weighted by molar-refractivity contribution is 6.11. The first-order valence-corrected chi connectivity index (χ1v) is 11.9. The van der Waals surface area contributed by atoms with Gasteiger partial charge in [-0.15, -0.1) is 0 Å². The number of benzene rings is 2. The summed E-state index contributed by atoms with van der Waals surface area (Å²) in [6, 6.07) is 21.7. The van der Waals surface area contributed by atoms with Crippen LogP contribution in [-0.2, 0) is 4.79 Å². The second kappa shape index (κ2) is 8.60. The van der Waals surface area contributed by atoms with Gasteiger partial charge in [0.05, 0.1) is 12.6 Å². The molecule has 0 atom stereocenters. The lowest BCUT2D eigenvalue weighted by molar-refractivity contribution is -0.130. The Kier molecular flexibility index (Phi) is 5.60. The van der Waals surface area contributed by atoms with E-state index in [1.165, 1.54) is 0 Å². The van der Waals surface area contributed by atoms with Gasteiger partial charge in [-0.05, 0) is 43.9 Å². The molecule has 1 saturated carbocycles. The minimum atomic E-state index is -0.806. The zero-order chi connectivity index (χ0) is 23.9. The summed E-state index contributed by atoms with van der Waals surface area (Å²) in [6.45, 7) is 3.69. The van der Waals surface area contributed by atoms with Gasteiger partial charge in [-0.25, -0.2) is 4.79 Å². The van der Waals surface area contributed by atoms with Gasteiger partial charge in [0.1, 0.15) is 5.54 Å². The van der Waals surface area contributed by atoms with Crippen molar-refractivity contribution >= 4 is 17.7 Å². The van der Waals surface area contributed by atoms with Crippen molar-refractivity contribution in [3.8, 4) is 0 Å². The predicted molar refractivity (Wildman–Crippen MR) is 130 cm³/mol. The van der Waals surface area contributed by atoms with E-state index in [2.05, 4.69) is 34.1 Å². The van der Waals surface area contributed by atoms with Crippen molar-refractivity contribution < 1.29 is 14.4 Å². The minimum absolute atomic E-state index is 0.0950. The van der Waals surface area contributed by atoms with Crippen LogP contribution in [0.2, 0.25) is 0 Å². The third-order valence-corrected chi connectivity index (χ3v) is 7.28. The second-order valence-electron chi connectivity index (χ2n) is 9.41. The van der Waals surface area contributed by atoms with Crippen LogP contribution in [0.25, 0.3) is 0 Å². The number of Topliss-reactive ketones (excluding diaryl/α,β-unsaturated/α-hetero) is 1. The number of ketones is 1. The maximum atomic E-state index is 13.4. The quantitative estimate of drug-likeness (QED) is 0.429. The molecule has 3 aromatic rings. The number of carbonyl (C=O) groups excluding carboxylic acids is 3. The van der Waals surface area contributed by atoms with E-state index < -0.39 is 11.6 Å². The summed E-state index contributed by atoms with van der Waals surface area (Å²) in [5, 5.41) is 2.86. The van der Waals surface area contributed by atoms with E-state index in [0.717, 1.165) is 40.3 Å². The van der Waals surface area contributed by atoms with Crippen molar-refractivity contribution in [2.24, 2.45) is 0 Å². The minimum Gasteiger partial charge on any atom is -0.337 e. The molecule has 174 valence electrons. The molecular weight excluding hydrogens is 426 g/mol. The number of amides is 3. The van der Waals surface area contributed by atoms with E-state index in [1.807, 2.05) is 56.3 Å². The summed E-state index contributed by atoms with van der Waals surface area (Å²) in [5.74, 6) is -0.485. The van der Waals surface area contributed by atoms with Gasteiger partial charge in [0.25, 0.3) is 5.91 Å². The molecule has 1 aliphatic heterocycles. The molecule has 2 fully saturated rings. The first-order valence-electron chi connectivity index (χ1n) is 11.9. The normalized spacial score (nSPS) is 17.1. The second-order valence-corrected chi connectivity index (χ2v) is 9.41. The molecule has 1 saturated heterocycles. The lowest BCUT2D eigenvalue weighted by Crippen LogP contribution is -2.44. The molecule has 0 radical (unpaired) electrons. The van der Waals surface area contributed by atoms with Crippen molar-refractivity contribution in [2.45, 2.75) is 51.1 Å². The van der Waals surface area contributed by atoms with E-state index in [0.29, 0.717) is 18.4 Å². The van der Waals surface area contributed by atoms with E-state index in [1.54, 1.807) is 0 Å². The van der Waals surface area contributed by atoms with Gasteiger partial charge in [0.15, 0.2) is 5.78 Å².